The third kappa shape index (κ3) is 2.45. The predicted octanol–water partition coefficient (Wildman–Crippen LogP) is 0.524. The molecule has 5 nitrogen and oxygen atoms in total. The number of anilines is 2. The Kier molecular flexibility index (Phi) is 3.23. The highest BCUT2D eigenvalue weighted by molar-refractivity contribution is 6.02. The molecule has 0 radical (unpaired) electrons. The first-order valence-electron chi connectivity index (χ1n) is 5.83. The van der Waals surface area contributed by atoms with Gasteiger partial charge in [0.15, 0.2) is 0 Å². The monoisotopic (exact) mass is 247 g/mol. The van der Waals surface area contributed by atoms with Crippen LogP contribution in [0.5, 0.6) is 0 Å². The van der Waals surface area contributed by atoms with Crippen molar-refractivity contribution in [2.24, 2.45) is 0 Å². The maximum atomic E-state index is 11.4. The first-order chi connectivity index (χ1) is 8.47. The fourth-order valence-electron chi connectivity index (χ4n) is 2.10. The van der Waals surface area contributed by atoms with Gasteiger partial charge in [0, 0.05) is 25.5 Å². The Hall–Kier alpha value is -2.04. The Labute approximate surface area is 106 Å². The molecule has 1 saturated heterocycles. The second kappa shape index (κ2) is 4.68. The van der Waals surface area contributed by atoms with Gasteiger partial charge in [-0.25, -0.2) is 0 Å². The van der Waals surface area contributed by atoms with Crippen LogP contribution in [0.2, 0.25) is 0 Å². The van der Waals surface area contributed by atoms with Gasteiger partial charge in [0.25, 0.3) is 0 Å². The van der Waals surface area contributed by atoms with E-state index < -0.39 is 0 Å². The van der Waals surface area contributed by atoms with Crippen LogP contribution in [0, 0.1) is 6.92 Å². The van der Waals surface area contributed by atoms with Crippen molar-refractivity contribution in [3.8, 4) is 0 Å². The lowest BCUT2D eigenvalue weighted by atomic mass is 10.1. The van der Waals surface area contributed by atoms with Crippen LogP contribution in [-0.2, 0) is 9.59 Å². The van der Waals surface area contributed by atoms with Gasteiger partial charge < -0.3 is 9.80 Å². The fraction of sp³-hybridized carbons (Fsp3) is 0.385. The molecule has 1 aliphatic heterocycles. The highest BCUT2D eigenvalue weighted by Gasteiger charge is 2.22. The number of nitrogens with one attached hydrogen (secondary N) is 1. The van der Waals surface area contributed by atoms with Crippen LogP contribution in [0.25, 0.3) is 0 Å². The summed E-state index contributed by atoms with van der Waals surface area (Å²) < 4.78 is 0. The summed E-state index contributed by atoms with van der Waals surface area (Å²) in [6, 6.07) is 5.94. The highest BCUT2D eigenvalue weighted by Crippen LogP contribution is 2.25. The van der Waals surface area contributed by atoms with E-state index in [1.807, 2.05) is 44.1 Å². The molecule has 1 aromatic carbocycles. The quantitative estimate of drug-likeness (QED) is 0.774. The van der Waals surface area contributed by atoms with E-state index in [4.69, 9.17) is 0 Å². The molecule has 0 bridgehead atoms. The van der Waals surface area contributed by atoms with E-state index in [1.54, 1.807) is 4.90 Å². The third-order valence-electron chi connectivity index (χ3n) is 2.99. The average molecular weight is 247 g/mol. The highest BCUT2D eigenvalue weighted by atomic mass is 16.2. The van der Waals surface area contributed by atoms with Gasteiger partial charge in [0.05, 0.1) is 13.1 Å². The molecule has 2 rings (SSSR count). The minimum absolute atomic E-state index is 0.224. The Bertz CT molecular complexity index is 481. The van der Waals surface area contributed by atoms with E-state index in [1.165, 1.54) is 0 Å². The molecule has 2 amide bonds. The lowest BCUT2D eigenvalue weighted by molar-refractivity contribution is -0.130. The first-order valence-corrected chi connectivity index (χ1v) is 5.83. The fourth-order valence-corrected chi connectivity index (χ4v) is 2.10. The van der Waals surface area contributed by atoms with Gasteiger partial charge in [-0.3, -0.25) is 14.9 Å². The van der Waals surface area contributed by atoms with Gasteiger partial charge in [-0.1, -0.05) is 6.07 Å². The molecule has 0 aliphatic carbocycles. The number of carbonyl (C=O) groups excluding carboxylic acids is 2. The van der Waals surface area contributed by atoms with E-state index in [0.717, 1.165) is 16.9 Å². The second-order valence-electron chi connectivity index (χ2n) is 4.69. The number of nitrogens with zero attached hydrogens (tertiary/aromatic N) is 2. The molecule has 0 saturated carbocycles. The van der Waals surface area contributed by atoms with Crippen molar-refractivity contribution in [2.45, 2.75) is 6.92 Å². The minimum Gasteiger partial charge on any atom is -0.377 e. The average Bonchev–Trinajstić information content (AvgIpc) is 2.27. The molecule has 5 heteroatoms. The molecule has 1 N–H and O–H groups in total. The van der Waals surface area contributed by atoms with Crippen LogP contribution in [0.3, 0.4) is 0 Å². The van der Waals surface area contributed by atoms with Gasteiger partial charge in [-0.15, -0.1) is 0 Å². The van der Waals surface area contributed by atoms with Crippen molar-refractivity contribution in [1.29, 1.82) is 0 Å². The van der Waals surface area contributed by atoms with Crippen molar-refractivity contribution in [1.82, 2.24) is 5.32 Å². The van der Waals surface area contributed by atoms with E-state index in [9.17, 15) is 9.59 Å². The number of rotatable bonds is 2. The van der Waals surface area contributed by atoms with E-state index in [0.29, 0.717) is 0 Å². The smallest absolute Gasteiger partial charge is 0.246 e. The molecule has 0 atom stereocenters. The normalized spacial score (nSPS) is 15.6. The van der Waals surface area contributed by atoms with Gasteiger partial charge in [0.2, 0.25) is 11.8 Å². The zero-order valence-electron chi connectivity index (χ0n) is 10.9. The molecular weight excluding hydrogens is 230 g/mol. The van der Waals surface area contributed by atoms with Crippen molar-refractivity contribution in [3.63, 3.8) is 0 Å². The molecule has 1 aromatic rings. The maximum absolute atomic E-state index is 11.4. The molecule has 18 heavy (non-hydrogen) atoms. The Balaban J connectivity index is 2.30. The molecule has 1 fully saturated rings. The number of amides is 2. The van der Waals surface area contributed by atoms with Crippen LogP contribution in [0.4, 0.5) is 11.4 Å². The van der Waals surface area contributed by atoms with Gasteiger partial charge in [-0.05, 0) is 24.6 Å². The molecule has 96 valence electrons. The van der Waals surface area contributed by atoms with Gasteiger partial charge in [-0.2, -0.15) is 0 Å². The summed E-state index contributed by atoms with van der Waals surface area (Å²) in [4.78, 5) is 26.5. The molecule has 0 unspecified atom stereocenters. The largest absolute Gasteiger partial charge is 0.377 e. The standard InChI is InChI=1S/C13H17N3O2/c1-9-4-5-10(6-11(9)15(2)3)16-7-12(17)14-13(18)8-16/h4-6H,7-8H2,1-3H3,(H,14,17,18). The van der Waals surface area contributed by atoms with Crippen LogP contribution in [-0.4, -0.2) is 39.0 Å². The SMILES string of the molecule is Cc1ccc(N2CC(=O)NC(=O)C2)cc1N(C)C. The number of hydrogen-bond donors (Lipinski definition) is 1. The number of aryl methyl sites for hydroxylation is 1. The number of imide groups is 1. The van der Waals surface area contributed by atoms with E-state index in [-0.39, 0.29) is 24.9 Å². The summed E-state index contributed by atoms with van der Waals surface area (Å²) in [5.74, 6) is -0.503. The van der Waals surface area contributed by atoms with Crippen molar-refractivity contribution in [3.05, 3.63) is 23.8 Å². The molecule has 1 heterocycles. The number of carbonyl (C=O) groups is 2. The van der Waals surface area contributed by atoms with Crippen molar-refractivity contribution < 1.29 is 9.59 Å². The van der Waals surface area contributed by atoms with Crippen LogP contribution >= 0.6 is 0 Å². The number of piperazine rings is 1. The second-order valence-corrected chi connectivity index (χ2v) is 4.69. The number of hydrogen-bond acceptors (Lipinski definition) is 4. The van der Waals surface area contributed by atoms with Crippen LogP contribution < -0.4 is 15.1 Å². The molecule has 0 aromatic heterocycles. The summed E-state index contributed by atoms with van der Waals surface area (Å²) in [5.41, 5.74) is 3.15. The topological polar surface area (TPSA) is 52.7 Å². The van der Waals surface area contributed by atoms with Crippen LogP contribution in [0.1, 0.15) is 5.56 Å². The molecular formula is C13H17N3O2. The summed E-state index contributed by atoms with van der Waals surface area (Å²) in [5, 5.41) is 2.30. The summed E-state index contributed by atoms with van der Waals surface area (Å²) in [6.07, 6.45) is 0. The Morgan fingerprint density at radius 3 is 2.33 bits per heavy atom. The number of benzene rings is 1. The first kappa shape index (κ1) is 12.4. The lowest BCUT2D eigenvalue weighted by Gasteiger charge is -2.28. The summed E-state index contributed by atoms with van der Waals surface area (Å²) in [6.45, 7) is 2.48. The predicted molar refractivity (Wildman–Crippen MR) is 70.9 cm³/mol. The zero-order chi connectivity index (χ0) is 13.3. The summed E-state index contributed by atoms with van der Waals surface area (Å²) in [7, 11) is 3.94. The molecule has 1 aliphatic rings. The zero-order valence-corrected chi connectivity index (χ0v) is 10.9. The Morgan fingerprint density at radius 1 is 1.17 bits per heavy atom. The van der Waals surface area contributed by atoms with Crippen molar-refractivity contribution >= 4 is 23.2 Å². The third-order valence-corrected chi connectivity index (χ3v) is 2.99. The van der Waals surface area contributed by atoms with Crippen LogP contribution in [0.15, 0.2) is 18.2 Å². The summed E-state index contributed by atoms with van der Waals surface area (Å²) >= 11 is 0. The van der Waals surface area contributed by atoms with E-state index in [2.05, 4.69) is 5.32 Å². The molecule has 0 spiro atoms. The maximum Gasteiger partial charge on any atom is 0.246 e. The Morgan fingerprint density at radius 2 is 1.78 bits per heavy atom. The van der Waals surface area contributed by atoms with E-state index >= 15 is 0 Å². The van der Waals surface area contributed by atoms with Crippen molar-refractivity contribution in [2.75, 3.05) is 37.0 Å². The minimum atomic E-state index is -0.252. The van der Waals surface area contributed by atoms with Gasteiger partial charge in [0.1, 0.15) is 0 Å². The lowest BCUT2D eigenvalue weighted by Crippen LogP contribution is -2.51. The van der Waals surface area contributed by atoms with Gasteiger partial charge >= 0.3 is 0 Å².